The molecule has 2 rings (SSSR count). The van der Waals surface area contributed by atoms with Crippen molar-refractivity contribution in [2.24, 2.45) is 0 Å². The van der Waals surface area contributed by atoms with Gasteiger partial charge in [-0.2, -0.15) is 5.10 Å². The molecule has 0 spiro atoms. The maximum absolute atomic E-state index is 5.01. The van der Waals surface area contributed by atoms with Crippen LogP contribution in [0.1, 0.15) is 13.3 Å². The normalized spacial score (nSPS) is 10.5. The first-order valence-corrected chi connectivity index (χ1v) is 5.27. The fourth-order valence-electron chi connectivity index (χ4n) is 1.38. The van der Waals surface area contributed by atoms with E-state index in [9.17, 15) is 0 Å². The minimum atomic E-state index is 0.635. The molecule has 0 unspecified atom stereocenters. The van der Waals surface area contributed by atoms with E-state index in [1.165, 1.54) is 0 Å². The summed E-state index contributed by atoms with van der Waals surface area (Å²) in [4.78, 5) is 7.12. The lowest BCUT2D eigenvalue weighted by atomic mass is 10.3. The van der Waals surface area contributed by atoms with E-state index < -0.39 is 0 Å². The van der Waals surface area contributed by atoms with E-state index in [-0.39, 0.29) is 0 Å². The first kappa shape index (κ1) is 10.0. The van der Waals surface area contributed by atoms with Gasteiger partial charge in [0, 0.05) is 18.3 Å². The lowest BCUT2D eigenvalue weighted by Gasteiger charge is -1.96. The third-order valence-corrected chi connectivity index (χ3v) is 2.26. The number of H-pyrrole nitrogens is 1. The van der Waals surface area contributed by atoms with Crippen molar-refractivity contribution < 1.29 is 0 Å². The maximum atomic E-state index is 5.01. The molecule has 2 aromatic rings. The highest BCUT2D eigenvalue weighted by Crippen LogP contribution is 2.14. The van der Waals surface area contributed by atoms with Crippen LogP contribution in [-0.2, 0) is 6.54 Å². The average Bonchev–Trinajstić information content (AvgIpc) is 2.67. The Hall–Kier alpha value is -1.49. The summed E-state index contributed by atoms with van der Waals surface area (Å²) in [5, 5.41) is 4.25. The van der Waals surface area contributed by atoms with Crippen LogP contribution in [0.5, 0.6) is 0 Å². The number of rotatable bonds is 3. The Labute approximate surface area is 93.0 Å². The van der Waals surface area contributed by atoms with E-state index in [0.717, 1.165) is 24.2 Å². The van der Waals surface area contributed by atoms with E-state index in [1.807, 2.05) is 17.1 Å². The summed E-state index contributed by atoms with van der Waals surface area (Å²) in [6.45, 7) is 3.06. The molecular weight excluding hydrogens is 208 g/mol. The molecule has 2 aromatic heterocycles. The summed E-state index contributed by atoms with van der Waals surface area (Å²) in [7, 11) is 0. The Morgan fingerprint density at radius 1 is 1.40 bits per heavy atom. The van der Waals surface area contributed by atoms with Crippen LogP contribution in [-0.4, -0.2) is 19.7 Å². The van der Waals surface area contributed by atoms with Crippen molar-refractivity contribution in [2.75, 3.05) is 0 Å². The van der Waals surface area contributed by atoms with Gasteiger partial charge in [0.25, 0.3) is 0 Å². The zero-order chi connectivity index (χ0) is 10.7. The molecule has 0 saturated carbocycles. The minimum Gasteiger partial charge on any atom is -0.343 e. The maximum Gasteiger partial charge on any atom is 0.122 e. The summed E-state index contributed by atoms with van der Waals surface area (Å²) < 4.78 is 2.55. The van der Waals surface area contributed by atoms with Crippen LogP contribution in [0.15, 0.2) is 24.8 Å². The van der Waals surface area contributed by atoms with Gasteiger partial charge in [-0.15, -0.1) is 0 Å². The fourth-order valence-corrected chi connectivity index (χ4v) is 1.55. The molecule has 5 heteroatoms. The molecule has 0 radical (unpaired) electrons. The third-order valence-electron chi connectivity index (χ3n) is 2.05. The monoisotopic (exact) mass is 220 g/mol. The highest BCUT2D eigenvalue weighted by Gasteiger charge is 2.01. The number of hydrogen-bond donors (Lipinski definition) is 1. The summed E-state index contributed by atoms with van der Waals surface area (Å²) in [5.41, 5.74) is 1.92. The zero-order valence-electron chi connectivity index (χ0n) is 8.47. The second kappa shape index (κ2) is 4.35. The van der Waals surface area contributed by atoms with E-state index in [1.54, 1.807) is 12.4 Å². The highest BCUT2D eigenvalue weighted by molar-refractivity contribution is 7.71. The number of nitrogens with zero attached hydrogens (tertiary/aromatic N) is 3. The van der Waals surface area contributed by atoms with Gasteiger partial charge < -0.3 is 4.98 Å². The Kier molecular flexibility index (Phi) is 2.91. The molecule has 0 amide bonds. The quantitative estimate of drug-likeness (QED) is 0.808. The van der Waals surface area contributed by atoms with Gasteiger partial charge >= 0.3 is 0 Å². The molecule has 0 aliphatic heterocycles. The molecule has 0 aliphatic carbocycles. The first-order valence-electron chi connectivity index (χ1n) is 4.86. The van der Waals surface area contributed by atoms with E-state index in [4.69, 9.17) is 12.2 Å². The molecule has 78 valence electrons. The lowest BCUT2D eigenvalue weighted by Crippen LogP contribution is -1.95. The Balaban J connectivity index is 2.33. The van der Waals surface area contributed by atoms with Crippen molar-refractivity contribution in [3.8, 4) is 11.3 Å². The number of hydrogen-bond acceptors (Lipinski definition) is 3. The third kappa shape index (κ3) is 2.30. The summed E-state index contributed by atoms with van der Waals surface area (Å²) in [5.74, 6) is 0. The molecule has 4 nitrogen and oxygen atoms in total. The fraction of sp³-hybridized carbons (Fsp3) is 0.300. The van der Waals surface area contributed by atoms with Crippen LogP contribution < -0.4 is 0 Å². The molecule has 0 aromatic carbocycles. The van der Waals surface area contributed by atoms with Crippen molar-refractivity contribution in [2.45, 2.75) is 19.9 Å². The number of aryl methyl sites for hydroxylation is 1. The Morgan fingerprint density at radius 3 is 3.00 bits per heavy atom. The topological polar surface area (TPSA) is 46.5 Å². The van der Waals surface area contributed by atoms with Gasteiger partial charge in [-0.25, -0.2) is 0 Å². The summed E-state index contributed by atoms with van der Waals surface area (Å²) in [6, 6.07) is 0. The average molecular weight is 220 g/mol. The molecular formula is C10H12N4S. The highest BCUT2D eigenvalue weighted by atomic mass is 32.1. The van der Waals surface area contributed by atoms with Crippen molar-refractivity contribution in [3.05, 3.63) is 29.4 Å². The first-order chi connectivity index (χ1) is 7.29. The number of aromatic nitrogens is 4. The Morgan fingerprint density at radius 2 is 2.27 bits per heavy atom. The van der Waals surface area contributed by atoms with Gasteiger partial charge in [-0.1, -0.05) is 19.1 Å². The van der Waals surface area contributed by atoms with Crippen molar-refractivity contribution >= 4 is 12.2 Å². The number of nitrogens with one attached hydrogen (secondary N) is 1. The smallest absolute Gasteiger partial charge is 0.122 e. The number of aromatic amines is 1. The Bertz CT molecular complexity index is 500. The molecule has 0 atom stereocenters. The molecule has 0 aliphatic rings. The second-order valence-corrected chi connectivity index (χ2v) is 3.74. The predicted molar refractivity (Wildman–Crippen MR) is 60.9 cm³/mol. The van der Waals surface area contributed by atoms with Gasteiger partial charge in [0.2, 0.25) is 0 Å². The molecule has 0 bridgehead atoms. The molecule has 0 saturated heterocycles. The second-order valence-electron chi connectivity index (χ2n) is 3.30. The van der Waals surface area contributed by atoms with Crippen molar-refractivity contribution in [3.63, 3.8) is 0 Å². The van der Waals surface area contributed by atoms with Crippen LogP contribution in [0.3, 0.4) is 0 Å². The zero-order valence-corrected chi connectivity index (χ0v) is 9.29. The standard InChI is InChI=1S/C10H12N4S/c1-2-3-14-7-8(4-12-14)9-5-11-6-10(15)13-9/h4-7H,2-3H2,1H3,(H,13,15). The van der Waals surface area contributed by atoms with E-state index >= 15 is 0 Å². The van der Waals surface area contributed by atoms with Crippen molar-refractivity contribution in [1.82, 2.24) is 19.7 Å². The van der Waals surface area contributed by atoms with Crippen LogP contribution >= 0.6 is 12.2 Å². The van der Waals surface area contributed by atoms with Crippen molar-refractivity contribution in [1.29, 1.82) is 0 Å². The summed E-state index contributed by atoms with van der Waals surface area (Å²) in [6.07, 6.45) is 8.26. The van der Waals surface area contributed by atoms with Crippen LogP contribution in [0.4, 0.5) is 0 Å². The van der Waals surface area contributed by atoms with Crippen LogP contribution in [0.25, 0.3) is 11.3 Å². The van der Waals surface area contributed by atoms with Gasteiger partial charge in [0.1, 0.15) is 4.64 Å². The minimum absolute atomic E-state index is 0.635. The molecule has 1 N–H and O–H groups in total. The predicted octanol–water partition coefficient (Wildman–Crippen LogP) is 2.41. The molecule has 2 heterocycles. The summed E-state index contributed by atoms with van der Waals surface area (Å²) >= 11 is 5.01. The van der Waals surface area contributed by atoms with E-state index in [0.29, 0.717) is 4.64 Å². The largest absolute Gasteiger partial charge is 0.343 e. The SMILES string of the molecule is CCCn1cc(-c2cncc(=S)[nH]2)cn1. The van der Waals surface area contributed by atoms with Gasteiger partial charge in [0.05, 0.1) is 24.3 Å². The van der Waals surface area contributed by atoms with Crippen LogP contribution in [0, 0.1) is 4.64 Å². The molecule has 0 fully saturated rings. The van der Waals surface area contributed by atoms with E-state index in [2.05, 4.69) is 22.0 Å². The van der Waals surface area contributed by atoms with Gasteiger partial charge in [0.15, 0.2) is 0 Å². The molecule has 15 heavy (non-hydrogen) atoms. The van der Waals surface area contributed by atoms with Gasteiger partial charge in [-0.3, -0.25) is 9.67 Å². The lowest BCUT2D eigenvalue weighted by molar-refractivity contribution is 0.603. The van der Waals surface area contributed by atoms with Crippen LogP contribution in [0.2, 0.25) is 0 Å². The van der Waals surface area contributed by atoms with Gasteiger partial charge in [-0.05, 0) is 6.42 Å².